The largest absolute Gasteiger partial charge is 0.370 e. The Hall–Kier alpha value is -0.990. The van der Waals surface area contributed by atoms with Gasteiger partial charge in [-0.3, -0.25) is 4.21 Å². The minimum Gasteiger partial charge on any atom is -0.370 e. The molecule has 2 unspecified atom stereocenters. The average Bonchev–Trinajstić information content (AvgIpc) is 2.38. The van der Waals surface area contributed by atoms with Gasteiger partial charge in [0.05, 0.1) is 0 Å². The maximum Gasteiger partial charge on any atom is 0.244 e. The smallest absolute Gasteiger partial charge is 0.244 e. The topological polar surface area (TPSA) is 79.4 Å². The molecule has 20 heavy (non-hydrogen) atoms. The standard InChI is InChI=1S/C12H21N3O3S2/c1-10(19(4)16)7-8-13-12-6-5-11(9-14-12)20(17,18)15(2)3/h5-6,9-10H,7-8H2,1-4H3,(H,13,14). The van der Waals surface area contributed by atoms with Crippen molar-refractivity contribution in [1.29, 1.82) is 0 Å². The molecule has 1 aromatic heterocycles. The lowest BCUT2D eigenvalue weighted by atomic mass is 10.3. The van der Waals surface area contributed by atoms with Gasteiger partial charge in [0.25, 0.3) is 0 Å². The van der Waals surface area contributed by atoms with Gasteiger partial charge in [-0.2, -0.15) is 0 Å². The van der Waals surface area contributed by atoms with Gasteiger partial charge in [-0.15, -0.1) is 0 Å². The van der Waals surface area contributed by atoms with Crippen LogP contribution in [0.1, 0.15) is 13.3 Å². The Morgan fingerprint density at radius 2 is 2.05 bits per heavy atom. The normalized spacial score (nSPS) is 15.1. The molecule has 2 atom stereocenters. The summed E-state index contributed by atoms with van der Waals surface area (Å²) in [5, 5.41) is 3.21. The Bertz CT molecular complexity index is 556. The van der Waals surface area contributed by atoms with Gasteiger partial charge in [0.15, 0.2) is 0 Å². The molecule has 0 amide bonds. The summed E-state index contributed by atoms with van der Waals surface area (Å²) in [7, 11) is -1.31. The Labute approximate surface area is 123 Å². The molecule has 0 saturated heterocycles. The number of hydrogen-bond donors (Lipinski definition) is 1. The van der Waals surface area contributed by atoms with Gasteiger partial charge in [0.2, 0.25) is 10.0 Å². The minimum absolute atomic E-state index is 0.121. The summed E-state index contributed by atoms with van der Waals surface area (Å²) in [6, 6.07) is 3.15. The van der Waals surface area contributed by atoms with Crippen LogP contribution in [0.25, 0.3) is 0 Å². The second-order valence-electron chi connectivity index (χ2n) is 4.69. The first-order valence-corrected chi connectivity index (χ1v) is 9.26. The monoisotopic (exact) mass is 319 g/mol. The molecule has 0 spiro atoms. The molecule has 0 aliphatic carbocycles. The van der Waals surface area contributed by atoms with Gasteiger partial charge < -0.3 is 5.32 Å². The first-order valence-electron chi connectivity index (χ1n) is 6.20. The van der Waals surface area contributed by atoms with E-state index in [1.54, 1.807) is 12.3 Å². The minimum atomic E-state index is -3.44. The number of sulfonamides is 1. The number of aromatic nitrogens is 1. The zero-order chi connectivity index (χ0) is 15.3. The number of nitrogens with zero attached hydrogens (tertiary/aromatic N) is 2. The molecule has 0 aliphatic heterocycles. The number of rotatable bonds is 7. The lowest BCUT2D eigenvalue weighted by molar-refractivity contribution is 0.520. The van der Waals surface area contributed by atoms with E-state index in [1.807, 2.05) is 6.92 Å². The number of nitrogens with one attached hydrogen (secondary N) is 1. The molecule has 8 heteroatoms. The highest BCUT2D eigenvalue weighted by atomic mass is 32.2. The first-order chi connectivity index (χ1) is 9.25. The van der Waals surface area contributed by atoms with E-state index < -0.39 is 20.8 Å². The highest BCUT2D eigenvalue weighted by Gasteiger charge is 2.17. The fourth-order valence-electron chi connectivity index (χ4n) is 1.42. The molecule has 0 saturated carbocycles. The van der Waals surface area contributed by atoms with E-state index in [2.05, 4.69) is 10.3 Å². The van der Waals surface area contributed by atoms with Crippen LogP contribution in [0.4, 0.5) is 5.82 Å². The van der Waals surface area contributed by atoms with E-state index in [-0.39, 0.29) is 10.1 Å². The van der Waals surface area contributed by atoms with E-state index in [0.717, 1.165) is 10.7 Å². The lowest BCUT2D eigenvalue weighted by Gasteiger charge is -2.12. The first kappa shape index (κ1) is 17.1. The van der Waals surface area contributed by atoms with Crippen molar-refractivity contribution in [2.24, 2.45) is 0 Å². The summed E-state index contributed by atoms with van der Waals surface area (Å²) in [6.07, 6.45) is 3.78. The molecular formula is C12H21N3O3S2. The molecule has 1 heterocycles. The lowest BCUT2D eigenvalue weighted by Crippen LogP contribution is -2.22. The molecule has 0 aliphatic rings. The summed E-state index contributed by atoms with van der Waals surface area (Å²) >= 11 is 0. The van der Waals surface area contributed by atoms with Crippen LogP contribution in [0.15, 0.2) is 23.2 Å². The van der Waals surface area contributed by atoms with Crippen LogP contribution in [-0.2, 0) is 20.8 Å². The Morgan fingerprint density at radius 3 is 2.50 bits per heavy atom. The predicted molar refractivity (Wildman–Crippen MR) is 81.7 cm³/mol. The van der Waals surface area contributed by atoms with Crippen LogP contribution in [-0.4, -0.2) is 54.1 Å². The summed E-state index contributed by atoms with van der Waals surface area (Å²) in [4.78, 5) is 4.24. The van der Waals surface area contributed by atoms with E-state index >= 15 is 0 Å². The van der Waals surface area contributed by atoms with Crippen LogP contribution in [0, 0.1) is 0 Å². The van der Waals surface area contributed by atoms with Crippen LogP contribution >= 0.6 is 0 Å². The molecule has 6 nitrogen and oxygen atoms in total. The second-order valence-corrected chi connectivity index (χ2v) is 8.64. The fraction of sp³-hybridized carbons (Fsp3) is 0.583. The molecule has 0 fully saturated rings. The third kappa shape index (κ3) is 4.53. The summed E-state index contributed by atoms with van der Waals surface area (Å²) in [5.74, 6) is 0.608. The van der Waals surface area contributed by atoms with Gasteiger partial charge in [0, 0.05) is 49.1 Å². The van der Waals surface area contributed by atoms with Crippen LogP contribution in [0.5, 0.6) is 0 Å². The molecule has 0 bridgehead atoms. The molecule has 1 N–H and O–H groups in total. The quantitative estimate of drug-likeness (QED) is 0.808. The van der Waals surface area contributed by atoms with Crippen molar-refractivity contribution in [3.8, 4) is 0 Å². The van der Waals surface area contributed by atoms with Gasteiger partial charge >= 0.3 is 0 Å². The van der Waals surface area contributed by atoms with Crippen LogP contribution in [0.2, 0.25) is 0 Å². The molecule has 1 rings (SSSR count). The molecule has 0 radical (unpaired) electrons. The van der Waals surface area contributed by atoms with E-state index in [1.165, 1.54) is 26.4 Å². The van der Waals surface area contributed by atoms with Crippen molar-refractivity contribution in [2.75, 3.05) is 32.2 Å². The fourth-order valence-corrected chi connectivity index (χ4v) is 2.72. The highest BCUT2D eigenvalue weighted by molar-refractivity contribution is 7.89. The zero-order valence-electron chi connectivity index (χ0n) is 12.2. The molecular weight excluding hydrogens is 298 g/mol. The molecule has 114 valence electrons. The van der Waals surface area contributed by atoms with E-state index in [4.69, 9.17) is 0 Å². The average molecular weight is 319 g/mol. The van der Waals surface area contributed by atoms with Gasteiger partial charge in [-0.1, -0.05) is 6.92 Å². The van der Waals surface area contributed by atoms with Crippen molar-refractivity contribution in [2.45, 2.75) is 23.5 Å². The van der Waals surface area contributed by atoms with Gasteiger partial charge in [-0.05, 0) is 18.6 Å². The Morgan fingerprint density at radius 1 is 1.40 bits per heavy atom. The predicted octanol–water partition coefficient (Wildman–Crippen LogP) is 0.901. The van der Waals surface area contributed by atoms with Crippen molar-refractivity contribution >= 4 is 26.6 Å². The molecule has 1 aromatic rings. The maximum atomic E-state index is 11.9. The number of pyridine rings is 1. The zero-order valence-corrected chi connectivity index (χ0v) is 13.8. The SMILES string of the molecule is CC(CCNc1ccc(S(=O)(=O)N(C)C)cn1)S(C)=O. The summed E-state index contributed by atoms with van der Waals surface area (Å²) in [6.45, 7) is 2.57. The van der Waals surface area contributed by atoms with Gasteiger partial charge in [-0.25, -0.2) is 17.7 Å². The van der Waals surface area contributed by atoms with Crippen LogP contribution in [0.3, 0.4) is 0 Å². The van der Waals surface area contributed by atoms with Crippen molar-refractivity contribution in [3.05, 3.63) is 18.3 Å². The van der Waals surface area contributed by atoms with Crippen molar-refractivity contribution in [3.63, 3.8) is 0 Å². The number of anilines is 1. The Kier molecular flexibility index (Phi) is 6.09. The summed E-state index contributed by atoms with van der Waals surface area (Å²) < 4.78 is 36.1. The molecule has 0 aromatic carbocycles. The van der Waals surface area contributed by atoms with Crippen LogP contribution < -0.4 is 5.32 Å². The Balaban J connectivity index is 2.62. The van der Waals surface area contributed by atoms with Crippen molar-refractivity contribution < 1.29 is 12.6 Å². The van der Waals surface area contributed by atoms with Gasteiger partial charge in [0.1, 0.15) is 10.7 Å². The second kappa shape index (κ2) is 7.14. The highest BCUT2D eigenvalue weighted by Crippen LogP contribution is 2.14. The maximum absolute atomic E-state index is 11.9. The third-order valence-corrected chi connectivity index (χ3v) is 6.11. The van der Waals surface area contributed by atoms with E-state index in [9.17, 15) is 12.6 Å². The third-order valence-electron chi connectivity index (χ3n) is 2.94. The van der Waals surface area contributed by atoms with E-state index in [0.29, 0.717) is 12.4 Å². The van der Waals surface area contributed by atoms with Crippen molar-refractivity contribution in [1.82, 2.24) is 9.29 Å². The summed E-state index contributed by atoms with van der Waals surface area (Å²) in [5.41, 5.74) is 0. The number of hydrogen-bond acceptors (Lipinski definition) is 5.